The van der Waals surface area contributed by atoms with E-state index in [-0.39, 0.29) is 12.1 Å². The molecule has 3 N–H and O–H groups in total. The second-order valence-corrected chi connectivity index (χ2v) is 6.42. The Balaban J connectivity index is 2.09. The van der Waals surface area contributed by atoms with E-state index in [9.17, 15) is 9.59 Å². The van der Waals surface area contributed by atoms with E-state index in [1.165, 1.54) is 0 Å². The predicted octanol–water partition coefficient (Wildman–Crippen LogP) is 1.67. The third kappa shape index (κ3) is 4.21. The first kappa shape index (κ1) is 16.3. The Labute approximate surface area is 130 Å². The number of primary amides is 1. The smallest absolute Gasteiger partial charge is 0.410 e. The minimum atomic E-state index is -0.511. The molecule has 0 aliphatic carbocycles. The maximum absolute atomic E-state index is 12.2. The summed E-state index contributed by atoms with van der Waals surface area (Å²) in [6, 6.07) is 7.12. The van der Waals surface area contributed by atoms with Crippen LogP contribution in [0.5, 0.6) is 0 Å². The maximum Gasteiger partial charge on any atom is 0.410 e. The van der Waals surface area contributed by atoms with E-state index in [1.54, 1.807) is 23.1 Å². The number of nitrogens with two attached hydrogens (primary N) is 1. The summed E-state index contributed by atoms with van der Waals surface area (Å²) in [4.78, 5) is 25.1. The number of amides is 2. The van der Waals surface area contributed by atoms with Crippen LogP contribution in [-0.4, -0.2) is 42.1 Å². The predicted molar refractivity (Wildman–Crippen MR) is 83.5 cm³/mol. The summed E-state index contributed by atoms with van der Waals surface area (Å²) < 4.78 is 5.41. The van der Waals surface area contributed by atoms with E-state index < -0.39 is 11.5 Å². The van der Waals surface area contributed by atoms with E-state index in [2.05, 4.69) is 5.32 Å². The monoisotopic (exact) mass is 305 g/mol. The zero-order valence-corrected chi connectivity index (χ0v) is 13.3. The van der Waals surface area contributed by atoms with E-state index in [0.29, 0.717) is 25.2 Å². The Bertz CT molecular complexity index is 566. The number of hydrogen-bond donors (Lipinski definition) is 2. The van der Waals surface area contributed by atoms with Gasteiger partial charge < -0.3 is 20.7 Å². The molecule has 0 radical (unpaired) electrons. The van der Waals surface area contributed by atoms with Crippen molar-refractivity contribution in [2.75, 3.05) is 19.6 Å². The molecule has 120 valence electrons. The number of benzene rings is 1. The summed E-state index contributed by atoms with van der Waals surface area (Å²) in [6.07, 6.45) is -0.315. The third-order valence-electron chi connectivity index (χ3n) is 3.40. The van der Waals surface area contributed by atoms with Crippen molar-refractivity contribution in [2.24, 2.45) is 5.73 Å². The van der Waals surface area contributed by atoms with Gasteiger partial charge in [-0.15, -0.1) is 0 Å². The molecule has 0 saturated carbocycles. The number of nitrogens with zero attached hydrogens (tertiary/aromatic N) is 1. The molecule has 1 aromatic carbocycles. The lowest BCUT2D eigenvalue weighted by Gasteiger charge is -2.35. The fraction of sp³-hybridized carbons (Fsp3) is 0.500. The van der Waals surface area contributed by atoms with Gasteiger partial charge in [-0.1, -0.05) is 12.1 Å². The Morgan fingerprint density at radius 3 is 2.73 bits per heavy atom. The van der Waals surface area contributed by atoms with Crippen LogP contribution in [0.15, 0.2) is 24.3 Å². The van der Waals surface area contributed by atoms with Crippen molar-refractivity contribution in [3.63, 3.8) is 0 Å². The van der Waals surface area contributed by atoms with Crippen LogP contribution >= 0.6 is 0 Å². The van der Waals surface area contributed by atoms with Gasteiger partial charge in [0.05, 0.1) is 6.04 Å². The van der Waals surface area contributed by atoms with Crippen LogP contribution in [0.2, 0.25) is 0 Å². The van der Waals surface area contributed by atoms with Crippen LogP contribution in [-0.2, 0) is 4.74 Å². The fourth-order valence-corrected chi connectivity index (χ4v) is 2.37. The van der Waals surface area contributed by atoms with Gasteiger partial charge in [0.15, 0.2) is 0 Å². The van der Waals surface area contributed by atoms with Gasteiger partial charge >= 0.3 is 6.09 Å². The Morgan fingerprint density at radius 2 is 2.09 bits per heavy atom. The van der Waals surface area contributed by atoms with Crippen molar-refractivity contribution in [2.45, 2.75) is 32.4 Å². The number of ether oxygens (including phenoxy) is 1. The van der Waals surface area contributed by atoms with Crippen LogP contribution in [0.4, 0.5) is 4.79 Å². The highest BCUT2D eigenvalue weighted by molar-refractivity contribution is 5.92. The SMILES string of the molecule is CC(C)(C)OC(=O)N1CCN[C@@H](c2cccc(C(N)=O)c2)C1. The summed E-state index contributed by atoms with van der Waals surface area (Å²) in [5.74, 6) is -0.457. The Kier molecular flexibility index (Phi) is 4.71. The summed E-state index contributed by atoms with van der Waals surface area (Å²) in [5, 5.41) is 3.35. The molecule has 1 aliphatic rings. The van der Waals surface area contributed by atoms with Gasteiger partial charge in [0, 0.05) is 25.2 Å². The van der Waals surface area contributed by atoms with E-state index in [1.807, 2.05) is 26.8 Å². The van der Waals surface area contributed by atoms with Gasteiger partial charge in [-0.25, -0.2) is 4.79 Å². The maximum atomic E-state index is 12.2. The first-order chi connectivity index (χ1) is 10.3. The second-order valence-electron chi connectivity index (χ2n) is 6.42. The Hall–Kier alpha value is -2.08. The molecule has 0 aromatic heterocycles. The third-order valence-corrected chi connectivity index (χ3v) is 3.40. The van der Waals surface area contributed by atoms with Gasteiger partial charge in [-0.2, -0.15) is 0 Å². The lowest BCUT2D eigenvalue weighted by atomic mass is 10.0. The molecule has 1 saturated heterocycles. The largest absolute Gasteiger partial charge is 0.444 e. The molecule has 6 nitrogen and oxygen atoms in total. The molecule has 0 unspecified atom stereocenters. The van der Waals surface area contributed by atoms with Gasteiger partial charge in [0.25, 0.3) is 0 Å². The topological polar surface area (TPSA) is 84.7 Å². The van der Waals surface area contributed by atoms with E-state index in [4.69, 9.17) is 10.5 Å². The van der Waals surface area contributed by atoms with Crippen LogP contribution in [0.1, 0.15) is 42.7 Å². The van der Waals surface area contributed by atoms with Crippen molar-refractivity contribution in [1.29, 1.82) is 0 Å². The number of carbonyl (C=O) groups excluding carboxylic acids is 2. The standard InChI is InChI=1S/C16H23N3O3/c1-16(2,3)22-15(21)19-8-7-18-13(10-19)11-5-4-6-12(9-11)14(17)20/h4-6,9,13,18H,7-8,10H2,1-3H3,(H2,17,20)/t13-/m1/s1. The molecule has 1 heterocycles. The molecular formula is C16H23N3O3. The molecule has 1 fully saturated rings. The van der Waals surface area contributed by atoms with Gasteiger partial charge in [0.2, 0.25) is 5.91 Å². The molecule has 1 aliphatic heterocycles. The molecule has 2 rings (SSSR count). The number of carbonyl (C=O) groups is 2. The molecule has 0 bridgehead atoms. The Morgan fingerprint density at radius 1 is 1.36 bits per heavy atom. The van der Waals surface area contributed by atoms with Crippen molar-refractivity contribution in [3.05, 3.63) is 35.4 Å². The highest BCUT2D eigenvalue weighted by Gasteiger charge is 2.28. The summed E-state index contributed by atoms with van der Waals surface area (Å²) in [5.41, 5.74) is 6.20. The minimum absolute atomic E-state index is 0.0411. The molecule has 1 atom stereocenters. The van der Waals surface area contributed by atoms with Crippen LogP contribution in [0.25, 0.3) is 0 Å². The molecule has 2 amide bonds. The van der Waals surface area contributed by atoms with E-state index in [0.717, 1.165) is 5.56 Å². The van der Waals surface area contributed by atoms with Crippen LogP contribution in [0.3, 0.4) is 0 Å². The van der Waals surface area contributed by atoms with Crippen molar-refractivity contribution in [1.82, 2.24) is 10.2 Å². The molecular weight excluding hydrogens is 282 g/mol. The van der Waals surface area contributed by atoms with Crippen molar-refractivity contribution >= 4 is 12.0 Å². The van der Waals surface area contributed by atoms with Gasteiger partial charge in [0.1, 0.15) is 5.60 Å². The zero-order chi connectivity index (χ0) is 16.3. The van der Waals surface area contributed by atoms with E-state index >= 15 is 0 Å². The van der Waals surface area contributed by atoms with Crippen LogP contribution < -0.4 is 11.1 Å². The minimum Gasteiger partial charge on any atom is -0.444 e. The number of nitrogens with one attached hydrogen (secondary N) is 1. The summed E-state index contributed by atoms with van der Waals surface area (Å²) in [6.45, 7) is 7.31. The van der Waals surface area contributed by atoms with Crippen LogP contribution in [0, 0.1) is 0 Å². The van der Waals surface area contributed by atoms with Gasteiger partial charge in [-0.05, 0) is 38.5 Å². The molecule has 0 spiro atoms. The van der Waals surface area contributed by atoms with Gasteiger partial charge in [-0.3, -0.25) is 4.79 Å². The van der Waals surface area contributed by atoms with Crippen molar-refractivity contribution in [3.8, 4) is 0 Å². The number of piperazine rings is 1. The fourth-order valence-electron chi connectivity index (χ4n) is 2.37. The molecule has 6 heteroatoms. The number of rotatable bonds is 2. The first-order valence-electron chi connectivity index (χ1n) is 7.37. The normalized spacial score (nSPS) is 18.9. The second kappa shape index (κ2) is 6.36. The summed E-state index contributed by atoms with van der Waals surface area (Å²) in [7, 11) is 0. The molecule has 1 aromatic rings. The average molecular weight is 305 g/mol. The average Bonchev–Trinajstić information content (AvgIpc) is 2.46. The quantitative estimate of drug-likeness (QED) is 0.870. The first-order valence-corrected chi connectivity index (χ1v) is 7.37. The lowest BCUT2D eigenvalue weighted by molar-refractivity contribution is 0.0195. The highest BCUT2D eigenvalue weighted by Crippen LogP contribution is 2.20. The van der Waals surface area contributed by atoms with Crippen molar-refractivity contribution < 1.29 is 14.3 Å². The number of hydrogen-bond acceptors (Lipinski definition) is 4. The lowest BCUT2D eigenvalue weighted by Crippen LogP contribution is -2.49. The molecule has 22 heavy (non-hydrogen) atoms. The summed E-state index contributed by atoms with van der Waals surface area (Å²) >= 11 is 0. The highest BCUT2D eigenvalue weighted by atomic mass is 16.6. The zero-order valence-electron chi connectivity index (χ0n) is 13.3.